The number of carbonyl (C=O) groups excluding carboxylic acids is 2. The average molecular weight is 318 g/mol. The van der Waals surface area contributed by atoms with E-state index in [4.69, 9.17) is 4.74 Å². The van der Waals surface area contributed by atoms with E-state index in [1.54, 1.807) is 33.0 Å². The molecule has 2 heterocycles. The third-order valence-electron chi connectivity index (χ3n) is 2.88. The molecule has 2 aromatic heterocycles. The Balaban J connectivity index is 1.80. The monoisotopic (exact) mass is 318 g/mol. The number of aryl methyl sites for hydroxylation is 1. The summed E-state index contributed by atoms with van der Waals surface area (Å²) < 4.78 is 6.95. The van der Waals surface area contributed by atoms with Gasteiger partial charge in [0.25, 0.3) is 0 Å². The molecule has 0 fully saturated rings. The molecule has 2 aromatic rings. The van der Waals surface area contributed by atoms with Crippen LogP contribution in [-0.4, -0.2) is 33.5 Å². The van der Waals surface area contributed by atoms with Gasteiger partial charge in [0.1, 0.15) is 11.2 Å². The fraction of sp³-hybridized carbons (Fsp3) is 0.438. The van der Waals surface area contributed by atoms with Gasteiger partial charge in [-0.1, -0.05) is 0 Å². The van der Waals surface area contributed by atoms with E-state index in [9.17, 15) is 9.59 Å². The first kappa shape index (κ1) is 16.8. The Morgan fingerprint density at radius 3 is 2.70 bits per heavy atom. The predicted molar refractivity (Wildman–Crippen MR) is 87.4 cm³/mol. The quantitative estimate of drug-likeness (QED) is 0.907. The number of amides is 2. The SMILES string of the molecule is Cc1cn2cc(NC(=O)CCNC(=O)OC(C)(C)C)ccc2n1. The lowest BCUT2D eigenvalue weighted by molar-refractivity contribution is -0.116. The summed E-state index contributed by atoms with van der Waals surface area (Å²) in [6.45, 7) is 7.48. The van der Waals surface area contributed by atoms with Gasteiger partial charge in [0.15, 0.2) is 0 Å². The number of aromatic nitrogens is 2. The molecule has 2 amide bonds. The fourth-order valence-corrected chi connectivity index (χ4v) is 2.01. The van der Waals surface area contributed by atoms with Gasteiger partial charge in [0, 0.05) is 25.4 Å². The van der Waals surface area contributed by atoms with E-state index in [0.717, 1.165) is 11.3 Å². The summed E-state index contributed by atoms with van der Waals surface area (Å²) in [5, 5.41) is 5.34. The normalized spacial score (nSPS) is 11.3. The third-order valence-corrected chi connectivity index (χ3v) is 2.88. The highest BCUT2D eigenvalue weighted by atomic mass is 16.6. The van der Waals surface area contributed by atoms with Crippen LogP contribution in [0.5, 0.6) is 0 Å². The lowest BCUT2D eigenvalue weighted by Crippen LogP contribution is -2.34. The van der Waals surface area contributed by atoms with Gasteiger partial charge in [-0.2, -0.15) is 0 Å². The Morgan fingerprint density at radius 2 is 2.00 bits per heavy atom. The standard InChI is InChI=1S/C16H22N4O3/c1-11-9-20-10-12(5-6-13(20)18-11)19-14(21)7-8-17-15(22)23-16(2,3)4/h5-6,9-10H,7-8H2,1-4H3,(H,17,22)(H,19,21). The van der Waals surface area contributed by atoms with Crippen molar-refractivity contribution in [1.82, 2.24) is 14.7 Å². The maximum absolute atomic E-state index is 11.9. The molecule has 23 heavy (non-hydrogen) atoms. The Hall–Kier alpha value is -2.57. The molecule has 0 atom stereocenters. The van der Waals surface area contributed by atoms with Crippen molar-refractivity contribution in [1.29, 1.82) is 0 Å². The first-order valence-corrected chi connectivity index (χ1v) is 7.45. The van der Waals surface area contributed by atoms with Crippen LogP contribution in [0.15, 0.2) is 24.5 Å². The zero-order valence-electron chi connectivity index (χ0n) is 13.8. The number of anilines is 1. The molecule has 0 aliphatic rings. The molecule has 7 nitrogen and oxygen atoms in total. The first-order valence-electron chi connectivity index (χ1n) is 7.45. The number of imidazole rings is 1. The summed E-state index contributed by atoms with van der Waals surface area (Å²) in [6.07, 6.45) is 3.32. The highest BCUT2D eigenvalue weighted by Crippen LogP contribution is 2.11. The molecule has 0 saturated heterocycles. The third kappa shape index (κ3) is 5.28. The van der Waals surface area contributed by atoms with E-state index in [1.165, 1.54) is 0 Å². The first-order chi connectivity index (χ1) is 10.7. The molecule has 0 spiro atoms. The van der Waals surface area contributed by atoms with E-state index in [0.29, 0.717) is 5.69 Å². The lowest BCUT2D eigenvalue weighted by atomic mass is 10.2. The van der Waals surface area contributed by atoms with E-state index in [-0.39, 0.29) is 18.9 Å². The number of nitrogens with zero attached hydrogens (tertiary/aromatic N) is 2. The maximum Gasteiger partial charge on any atom is 0.407 e. The van der Waals surface area contributed by atoms with Crippen LogP contribution in [0.4, 0.5) is 10.5 Å². The molecule has 0 radical (unpaired) electrons. The summed E-state index contributed by atoms with van der Waals surface area (Å²) in [5.74, 6) is -0.183. The van der Waals surface area contributed by atoms with Gasteiger partial charge in [-0.15, -0.1) is 0 Å². The van der Waals surface area contributed by atoms with Gasteiger partial charge in [-0.3, -0.25) is 4.79 Å². The van der Waals surface area contributed by atoms with Crippen molar-refractivity contribution in [3.8, 4) is 0 Å². The minimum Gasteiger partial charge on any atom is -0.444 e. The van der Waals surface area contributed by atoms with Crippen LogP contribution in [-0.2, 0) is 9.53 Å². The van der Waals surface area contributed by atoms with E-state index < -0.39 is 11.7 Å². The van der Waals surface area contributed by atoms with Crippen LogP contribution >= 0.6 is 0 Å². The van der Waals surface area contributed by atoms with Crippen LogP contribution in [0.25, 0.3) is 5.65 Å². The van der Waals surface area contributed by atoms with Crippen LogP contribution in [0.3, 0.4) is 0 Å². The van der Waals surface area contributed by atoms with E-state index in [1.807, 2.05) is 23.6 Å². The number of hydrogen-bond donors (Lipinski definition) is 2. The molecule has 0 aliphatic heterocycles. The van der Waals surface area contributed by atoms with E-state index in [2.05, 4.69) is 15.6 Å². The maximum atomic E-state index is 11.9. The molecule has 0 aliphatic carbocycles. The van der Waals surface area contributed by atoms with Crippen molar-refractivity contribution in [2.45, 2.75) is 39.7 Å². The van der Waals surface area contributed by atoms with Gasteiger partial charge in [0.05, 0.1) is 11.4 Å². The van der Waals surface area contributed by atoms with Gasteiger partial charge in [-0.05, 0) is 39.8 Å². The lowest BCUT2D eigenvalue weighted by Gasteiger charge is -2.19. The van der Waals surface area contributed by atoms with Crippen LogP contribution in [0.2, 0.25) is 0 Å². The number of alkyl carbamates (subject to hydrolysis) is 1. The fourth-order valence-electron chi connectivity index (χ4n) is 2.01. The molecule has 0 aromatic carbocycles. The summed E-state index contributed by atoms with van der Waals surface area (Å²) >= 11 is 0. The highest BCUT2D eigenvalue weighted by Gasteiger charge is 2.15. The Labute approximate surface area is 135 Å². The summed E-state index contributed by atoms with van der Waals surface area (Å²) in [4.78, 5) is 27.7. The molecule has 0 unspecified atom stereocenters. The zero-order valence-corrected chi connectivity index (χ0v) is 13.8. The number of ether oxygens (including phenoxy) is 1. The van der Waals surface area contributed by atoms with E-state index >= 15 is 0 Å². The number of pyridine rings is 1. The summed E-state index contributed by atoms with van der Waals surface area (Å²) in [5.41, 5.74) is 1.87. The molecule has 0 bridgehead atoms. The molecular weight excluding hydrogens is 296 g/mol. The number of carbonyl (C=O) groups is 2. The van der Waals surface area contributed by atoms with Crippen LogP contribution in [0.1, 0.15) is 32.9 Å². The largest absolute Gasteiger partial charge is 0.444 e. The zero-order chi connectivity index (χ0) is 17.0. The molecule has 124 valence electrons. The van der Waals surface area contributed by atoms with Crippen molar-refractivity contribution in [2.24, 2.45) is 0 Å². The molecule has 2 N–H and O–H groups in total. The summed E-state index contributed by atoms with van der Waals surface area (Å²) in [6, 6.07) is 3.63. The second-order valence-corrected chi connectivity index (χ2v) is 6.29. The number of rotatable bonds is 4. The van der Waals surface area contributed by atoms with Crippen molar-refractivity contribution in [3.05, 3.63) is 30.2 Å². The summed E-state index contributed by atoms with van der Waals surface area (Å²) in [7, 11) is 0. The van der Waals surface area contributed by atoms with Gasteiger partial charge >= 0.3 is 6.09 Å². The second kappa shape index (κ2) is 6.68. The molecule has 7 heteroatoms. The van der Waals surface area contributed by atoms with Crippen molar-refractivity contribution in [3.63, 3.8) is 0 Å². The van der Waals surface area contributed by atoms with Crippen molar-refractivity contribution < 1.29 is 14.3 Å². The highest BCUT2D eigenvalue weighted by molar-refractivity contribution is 5.91. The number of hydrogen-bond acceptors (Lipinski definition) is 4. The Morgan fingerprint density at radius 1 is 1.26 bits per heavy atom. The van der Waals surface area contributed by atoms with Gasteiger partial charge in [0.2, 0.25) is 5.91 Å². The molecular formula is C16H22N4O3. The number of nitrogens with one attached hydrogen (secondary N) is 2. The minimum absolute atomic E-state index is 0.167. The second-order valence-electron chi connectivity index (χ2n) is 6.29. The topological polar surface area (TPSA) is 84.7 Å². The average Bonchev–Trinajstić information content (AvgIpc) is 2.75. The smallest absolute Gasteiger partial charge is 0.407 e. The Kier molecular flexibility index (Phi) is 4.88. The van der Waals surface area contributed by atoms with Crippen LogP contribution in [0, 0.1) is 6.92 Å². The van der Waals surface area contributed by atoms with Crippen LogP contribution < -0.4 is 10.6 Å². The van der Waals surface area contributed by atoms with Crippen molar-refractivity contribution in [2.75, 3.05) is 11.9 Å². The Bertz CT molecular complexity index is 716. The van der Waals surface area contributed by atoms with Crippen molar-refractivity contribution >= 4 is 23.3 Å². The van der Waals surface area contributed by atoms with Gasteiger partial charge in [-0.25, -0.2) is 9.78 Å². The minimum atomic E-state index is -0.551. The molecule has 0 saturated carbocycles. The number of fused-ring (bicyclic) bond motifs is 1. The van der Waals surface area contributed by atoms with Gasteiger partial charge < -0.3 is 19.8 Å². The molecule has 2 rings (SSSR count). The predicted octanol–water partition coefficient (Wildman–Crippen LogP) is 2.50.